The molecule has 3 amide bonds. The Labute approximate surface area is 143 Å². The van der Waals surface area contributed by atoms with E-state index < -0.39 is 0 Å². The second-order valence-electron chi connectivity index (χ2n) is 7.58. The van der Waals surface area contributed by atoms with Crippen LogP contribution in [0, 0.1) is 23.7 Å². The van der Waals surface area contributed by atoms with Crippen molar-refractivity contribution in [3.05, 3.63) is 12.2 Å². The summed E-state index contributed by atoms with van der Waals surface area (Å²) in [4.78, 5) is 38.5. The van der Waals surface area contributed by atoms with E-state index in [1.54, 1.807) is 0 Å². The Morgan fingerprint density at radius 1 is 1.17 bits per heavy atom. The molecule has 2 aliphatic carbocycles. The van der Waals surface area contributed by atoms with Crippen molar-refractivity contribution >= 4 is 17.7 Å². The molecule has 3 aliphatic rings. The predicted octanol–water partition coefficient (Wildman–Crippen LogP) is 2.27. The molecule has 2 fully saturated rings. The molecule has 0 aromatic heterocycles. The molecule has 0 radical (unpaired) electrons. The van der Waals surface area contributed by atoms with Crippen molar-refractivity contribution in [2.24, 2.45) is 23.7 Å². The molecule has 5 heteroatoms. The maximum Gasteiger partial charge on any atom is 0.240 e. The zero-order valence-corrected chi connectivity index (χ0v) is 14.7. The van der Waals surface area contributed by atoms with Crippen LogP contribution < -0.4 is 5.32 Å². The van der Waals surface area contributed by atoms with Gasteiger partial charge in [-0.3, -0.25) is 19.3 Å². The van der Waals surface area contributed by atoms with Crippen molar-refractivity contribution in [3.63, 3.8) is 0 Å². The van der Waals surface area contributed by atoms with Gasteiger partial charge >= 0.3 is 0 Å². The SMILES string of the molecule is CCCCCCC(C)NC(=O)CN1C(=O)C2C3C=CC(C3)C2C1=O. The summed E-state index contributed by atoms with van der Waals surface area (Å²) in [7, 11) is 0. The monoisotopic (exact) mass is 332 g/mol. The van der Waals surface area contributed by atoms with Crippen molar-refractivity contribution in [3.8, 4) is 0 Å². The first-order chi connectivity index (χ1) is 11.5. The van der Waals surface area contributed by atoms with Crippen LogP contribution in [-0.4, -0.2) is 35.2 Å². The van der Waals surface area contributed by atoms with Gasteiger partial charge in [-0.15, -0.1) is 0 Å². The third kappa shape index (κ3) is 3.13. The Kier molecular flexibility index (Phi) is 5.07. The molecule has 2 bridgehead atoms. The van der Waals surface area contributed by atoms with Crippen molar-refractivity contribution in [2.45, 2.75) is 58.4 Å². The average Bonchev–Trinajstić information content (AvgIpc) is 3.21. The molecule has 0 aromatic rings. The number of hydrogen-bond donors (Lipinski definition) is 1. The van der Waals surface area contributed by atoms with Gasteiger partial charge in [0.1, 0.15) is 6.54 Å². The Bertz CT molecular complexity index is 527. The van der Waals surface area contributed by atoms with E-state index in [1.807, 2.05) is 6.92 Å². The van der Waals surface area contributed by atoms with E-state index >= 15 is 0 Å². The first-order valence-electron chi connectivity index (χ1n) is 9.35. The molecule has 5 nitrogen and oxygen atoms in total. The number of likely N-dealkylation sites (tertiary alicyclic amines) is 1. The van der Waals surface area contributed by atoms with E-state index in [-0.39, 0.29) is 54.0 Å². The van der Waals surface area contributed by atoms with Crippen LogP contribution in [-0.2, 0) is 14.4 Å². The summed E-state index contributed by atoms with van der Waals surface area (Å²) in [6.07, 6.45) is 10.7. The lowest BCUT2D eigenvalue weighted by atomic mass is 9.85. The number of imide groups is 1. The number of allylic oxidation sites excluding steroid dienone is 2. The molecule has 24 heavy (non-hydrogen) atoms. The molecule has 0 spiro atoms. The van der Waals surface area contributed by atoms with Crippen molar-refractivity contribution in [1.29, 1.82) is 0 Å². The van der Waals surface area contributed by atoms with Crippen LogP contribution in [0.2, 0.25) is 0 Å². The Hall–Kier alpha value is -1.65. The van der Waals surface area contributed by atoms with Crippen LogP contribution in [0.25, 0.3) is 0 Å². The van der Waals surface area contributed by atoms with Crippen molar-refractivity contribution in [1.82, 2.24) is 10.2 Å². The highest BCUT2D eigenvalue weighted by molar-refractivity contribution is 6.08. The summed E-state index contributed by atoms with van der Waals surface area (Å²) in [5.41, 5.74) is 0. The second-order valence-corrected chi connectivity index (χ2v) is 7.58. The quantitative estimate of drug-likeness (QED) is 0.421. The lowest BCUT2D eigenvalue weighted by Gasteiger charge is -2.19. The van der Waals surface area contributed by atoms with E-state index in [2.05, 4.69) is 24.4 Å². The Morgan fingerprint density at radius 3 is 2.38 bits per heavy atom. The number of unbranched alkanes of at least 4 members (excludes halogenated alkanes) is 3. The third-order valence-electron chi connectivity index (χ3n) is 5.76. The van der Waals surface area contributed by atoms with E-state index in [0.29, 0.717) is 0 Å². The van der Waals surface area contributed by atoms with Gasteiger partial charge in [-0.2, -0.15) is 0 Å². The fourth-order valence-electron chi connectivity index (χ4n) is 4.53. The summed E-state index contributed by atoms with van der Waals surface area (Å²) in [6, 6.07) is 0.0829. The Balaban J connectivity index is 1.49. The molecule has 1 saturated heterocycles. The van der Waals surface area contributed by atoms with Crippen LogP contribution in [0.4, 0.5) is 0 Å². The summed E-state index contributed by atoms with van der Waals surface area (Å²) in [5, 5.41) is 2.93. The lowest BCUT2D eigenvalue weighted by molar-refractivity contribution is -0.144. The highest BCUT2D eigenvalue weighted by Gasteiger charge is 2.59. The van der Waals surface area contributed by atoms with Crippen LogP contribution in [0.5, 0.6) is 0 Å². The van der Waals surface area contributed by atoms with E-state index in [9.17, 15) is 14.4 Å². The molecule has 3 rings (SSSR count). The highest BCUT2D eigenvalue weighted by atomic mass is 16.2. The fourth-order valence-corrected chi connectivity index (χ4v) is 4.53. The normalized spacial score (nSPS) is 31.7. The van der Waals surface area contributed by atoms with Gasteiger partial charge in [0.25, 0.3) is 0 Å². The largest absolute Gasteiger partial charge is 0.352 e. The molecule has 1 aliphatic heterocycles. The van der Waals surface area contributed by atoms with Gasteiger partial charge < -0.3 is 5.32 Å². The zero-order valence-electron chi connectivity index (χ0n) is 14.7. The maximum atomic E-state index is 12.5. The molecule has 132 valence electrons. The molecular weight excluding hydrogens is 304 g/mol. The van der Waals surface area contributed by atoms with Crippen LogP contribution in [0.3, 0.4) is 0 Å². The first kappa shape index (κ1) is 17.2. The van der Waals surface area contributed by atoms with Crippen LogP contribution in [0.1, 0.15) is 52.4 Å². The topological polar surface area (TPSA) is 66.5 Å². The number of fused-ring (bicyclic) bond motifs is 5. The second kappa shape index (κ2) is 7.08. The van der Waals surface area contributed by atoms with Crippen molar-refractivity contribution in [2.75, 3.05) is 6.54 Å². The van der Waals surface area contributed by atoms with Gasteiger partial charge in [-0.05, 0) is 31.6 Å². The average molecular weight is 332 g/mol. The number of rotatable bonds is 8. The van der Waals surface area contributed by atoms with Crippen LogP contribution >= 0.6 is 0 Å². The zero-order chi connectivity index (χ0) is 17.3. The van der Waals surface area contributed by atoms with Crippen LogP contribution in [0.15, 0.2) is 12.2 Å². The van der Waals surface area contributed by atoms with Gasteiger partial charge in [0.15, 0.2) is 0 Å². The van der Waals surface area contributed by atoms with Gasteiger partial charge in [0.05, 0.1) is 11.8 Å². The van der Waals surface area contributed by atoms with Crippen molar-refractivity contribution < 1.29 is 14.4 Å². The molecule has 5 unspecified atom stereocenters. The fraction of sp³-hybridized carbons (Fsp3) is 0.737. The third-order valence-corrected chi connectivity index (χ3v) is 5.76. The molecule has 1 saturated carbocycles. The maximum absolute atomic E-state index is 12.5. The predicted molar refractivity (Wildman–Crippen MR) is 90.8 cm³/mol. The van der Waals surface area contributed by atoms with Gasteiger partial charge in [-0.25, -0.2) is 0 Å². The van der Waals surface area contributed by atoms with Gasteiger partial charge in [0, 0.05) is 6.04 Å². The smallest absolute Gasteiger partial charge is 0.240 e. The summed E-state index contributed by atoms with van der Waals surface area (Å²) in [5.74, 6) is -0.553. The van der Waals surface area contributed by atoms with E-state index in [4.69, 9.17) is 0 Å². The summed E-state index contributed by atoms with van der Waals surface area (Å²) >= 11 is 0. The molecule has 1 N–H and O–H groups in total. The number of nitrogens with one attached hydrogen (secondary N) is 1. The number of amides is 3. The molecular formula is C19H28N2O3. The lowest BCUT2D eigenvalue weighted by Crippen LogP contribution is -2.44. The minimum Gasteiger partial charge on any atom is -0.352 e. The number of nitrogens with zero attached hydrogens (tertiary/aromatic N) is 1. The van der Waals surface area contributed by atoms with E-state index in [1.165, 1.54) is 24.2 Å². The number of carbonyl (C=O) groups is 3. The molecule has 0 aromatic carbocycles. The highest BCUT2D eigenvalue weighted by Crippen LogP contribution is 2.52. The standard InChI is InChI=1S/C19H28N2O3/c1-3-4-5-6-7-12(2)20-15(22)11-21-18(23)16-13-8-9-14(10-13)17(16)19(21)24/h8-9,12-14,16-17H,3-7,10-11H2,1-2H3,(H,20,22). The minimum absolute atomic E-state index is 0.0829. The number of carbonyl (C=O) groups excluding carboxylic acids is 3. The van der Waals surface area contributed by atoms with Gasteiger partial charge in [0.2, 0.25) is 17.7 Å². The molecule has 1 heterocycles. The van der Waals surface area contributed by atoms with E-state index in [0.717, 1.165) is 19.3 Å². The Morgan fingerprint density at radius 2 is 1.79 bits per heavy atom. The number of hydrogen-bond acceptors (Lipinski definition) is 3. The minimum atomic E-state index is -0.222. The van der Waals surface area contributed by atoms with Gasteiger partial charge in [-0.1, -0.05) is 44.8 Å². The molecule has 5 atom stereocenters. The summed E-state index contributed by atoms with van der Waals surface area (Å²) in [6.45, 7) is 4.03. The summed E-state index contributed by atoms with van der Waals surface area (Å²) < 4.78 is 0. The first-order valence-corrected chi connectivity index (χ1v) is 9.35.